The van der Waals surface area contributed by atoms with Gasteiger partial charge in [-0.25, -0.2) is 0 Å². The number of fused-ring (bicyclic) bond motifs is 2. The van der Waals surface area contributed by atoms with Crippen LogP contribution in [0.2, 0.25) is 0 Å². The summed E-state index contributed by atoms with van der Waals surface area (Å²) in [7, 11) is 0. The van der Waals surface area contributed by atoms with Gasteiger partial charge in [0.25, 0.3) is 0 Å². The number of hydrogen-bond donors (Lipinski definition) is 0. The molecule has 0 aromatic rings. The average molecular weight is 173 g/mol. The molecule has 0 radical (unpaired) electrons. The molecule has 2 bridgehead atoms. The smallest absolute Gasteiger partial charge is 0.0289 e. The van der Waals surface area contributed by atoms with Crippen LogP contribution >= 0.6 is 0 Å². The molecule has 68 valence electrons. The van der Waals surface area contributed by atoms with Crippen molar-refractivity contribution in [2.45, 2.75) is 32.1 Å². The Morgan fingerprint density at radius 3 is 3.00 bits per heavy atom. The summed E-state index contributed by atoms with van der Waals surface area (Å²) in [5, 5.41) is 0. The van der Waals surface area contributed by atoms with Crippen molar-refractivity contribution < 1.29 is 0 Å². The zero-order valence-electron chi connectivity index (χ0n) is 7.97. The van der Waals surface area contributed by atoms with Crippen LogP contribution in [-0.2, 0) is 0 Å². The van der Waals surface area contributed by atoms with Gasteiger partial charge in [0.15, 0.2) is 0 Å². The van der Waals surface area contributed by atoms with Crippen molar-refractivity contribution in [3.63, 3.8) is 0 Å². The van der Waals surface area contributed by atoms with Gasteiger partial charge in [0, 0.05) is 31.5 Å². The van der Waals surface area contributed by atoms with Crippen LogP contribution < -0.4 is 0 Å². The minimum Gasteiger partial charge on any atom is -0.332 e. The van der Waals surface area contributed by atoms with E-state index in [9.17, 15) is 0 Å². The SMILES string of the molecule is C1#CCCCC2CCCN(C#C1)C2. The Bertz CT molecular complexity index is 284. The van der Waals surface area contributed by atoms with Gasteiger partial charge in [-0.3, -0.25) is 0 Å². The first-order chi connectivity index (χ1) is 6.45. The lowest BCUT2D eigenvalue weighted by molar-refractivity contribution is 0.234. The zero-order valence-corrected chi connectivity index (χ0v) is 7.97. The number of hydrogen-bond acceptors (Lipinski definition) is 1. The van der Waals surface area contributed by atoms with E-state index in [-0.39, 0.29) is 0 Å². The summed E-state index contributed by atoms with van der Waals surface area (Å²) in [6, 6.07) is 3.13. The van der Waals surface area contributed by atoms with Gasteiger partial charge in [0.05, 0.1) is 0 Å². The first kappa shape index (κ1) is 8.52. The molecule has 1 fully saturated rings. The lowest BCUT2D eigenvalue weighted by Gasteiger charge is -2.29. The Labute approximate surface area is 80.5 Å². The molecule has 1 saturated heterocycles. The molecule has 0 saturated carbocycles. The monoisotopic (exact) mass is 173 g/mol. The standard InChI is InChI=1S/C12H15N/c1-2-4-7-12-8-6-10-13(11-12)9-5-3-1/h12H,2,4,6-8,10-11H2. The van der Waals surface area contributed by atoms with E-state index >= 15 is 0 Å². The van der Waals surface area contributed by atoms with Crippen LogP contribution in [0.25, 0.3) is 0 Å². The highest BCUT2D eigenvalue weighted by Crippen LogP contribution is 2.21. The van der Waals surface area contributed by atoms with Crippen molar-refractivity contribution in [3.8, 4) is 23.8 Å². The molecule has 1 unspecified atom stereocenters. The maximum Gasteiger partial charge on any atom is 0.0289 e. The second kappa shape index (κ2) is 4.24. The molecule has 0 aromatic carbocycles. The normalized spacial score (nSPS) is 26.5. The lowest BCUT2D eigenvalue weighted by Crippen LogP contribution is -2.31. The van der Waals surface area contributed by atoms with Gasteiger partial charge in [-0.2, -0.15) is 0 Å². The summed E-state index contributed by atoms with van der Waals surface area (Å²) in [5.41, 5.74) is 0. The third-order valence-electron chi connectivity index (χ3n) is 2.80. The summed E-state index contributed by atoms with van der Waals surface area (Å²) in [5.74, 6) is 9.80. The van der Waals surface area contributed by atoms with Crippen LogP contribution in [0.4, 0.5) is 0 Å². The highest BCUT2D eigenvalue weighted by atomic mass is 15.1. The van der Waals surface area contributed by atoms with Crippen molar-refractivity contribution in [2.75, 3.05) is 13.1 Å². The van der Waals surface area contributed by atoms with Crippen LogP contribution in [0, 0.1) is 29.7 Å². The average Bonchev–Trinajstić information content (AvgIpc) is 2.17. The fourth-order valence-electron chi connectivity index (χ4n) is 2.10. The van der Waals surface area contributed by atoms with E-state index in [4.69, 9.17) is 0 Å². The van der Waals surface area contributed by atoms with E-state index < -0.39 is 0 Å². The maximum atomic E-state index is 3.13. The molecule has 0 N–H and O–H groups in total. The van der Waals surface area contributed by atoms with Crippen LogP contribution in [0.15, 0.2) is 0 Å². The molecule has 1 heteroatoms. The van der Waals surface area contributed by atoms with E-state index in [2.05, 4.69) is 28.7 Å². The maximum absolute atomic E-state index is 3.13. The molecule has 2 aliphatic heterocycles. The minimum absolute atomic E-state index is 0.878. The topological polar surface area (TPSA) is 3.24 Å². The van der Waals surface area contributed by atoms with Crippen LogP contribution in [-0.4, -0.2) is 18.0 Å². The molecule has 0 aromatic heterocycles. The van der Waals surface area contributed by atoms with Crippen LogP contribution in [0.5, 0.6) is 0 Å². The summed E-state index contributed by atoms with van der Waals surface area (Å²) in [6.45, 7) is 2.32. The molecular weight excluding hydrogens is 158 g/mol. The van der Waals surface area contributed by atoms with Crippen molar-refractivity contribution in [3.05, 3.63) is 0 Å². The fraction of sp³-hybridized carbons (Fsp3) is 0.667. The van der Waals surface area contributed by atoms with Crippen LogP contribution in [0.3, 0.4) is 0 Å². The number of rotatable bonds is 0. The van der Waals surface area contributed by atoms with Crippen molar-refractivity contribution >= 4 is 0 Å². The van der Waals surface area contributed by atoms with Crippen LogP contribution in [0.1, 0.15) is 32.1 Å². The fourth-order valence-corrected chi connectivity index (χ4v) is 2.10. The Hall–Kier alpha value is -1.08. The van der Waals surface area contributed by atoms with E-state index in [1.165, 1.54) is 32.2 Å². The lowest BCUT2D eigenvalue weighted by atomic mass is 9.93. The van der Waals surface area contributed by atoms with Gasteiger partial charge in [0.1, 0.15) is 0 Å². The van der Waals surface area contributed by atoms with Crippen molar-refractivity contribution in [1.29, 1.82) is 0 Å². The Morgan fingerprint density at radius 2 is 2.00 bits per heavy atom. The van der Waals surface area contributed by atoms with Gasteiger partial charge < -0.3 is 4.90 Å². The molecule has 2 aliphatic rings. The first-order valence-electron chi connectivity index (χ1n) is 5.18. The zero-order chi connectivity index (χ0) is 8.93. The summed E-state index contributed by atoms with van der Waals surface area (Å²) in [4.78, 5) is 2.24. The largest absolute Gasteiger partial charge is 0.332 e. The molecule has 0 spiro atoms. The molecule has 1 atom stereocenters. The first-order valence-corrected chi connectivity index (χ1v) is 5.18. The third-order valence-corrected chi connectivity index (χ3v) is 2.80. The quantitative estimate of drug-likeness (QED) is 0.505. The molecule has 1 nitrogen and oxygen atoms in total. The van der Waals surface area contributed by atoms with Gasteiger partial charge >= 0.3 is 0 Å². The van der Waals surface area contributed by atoms with Gasteiger partial charge in [0.2, 0.25) is 0 Å². The molecule has 0 amide bonds. The van der Waals surface area contributed by atoms with Crippen molar-refractivity contribution in [2.24, 2.45) is 5.92 Å². The highest BCUT2D eigenvalue weighted by Gasteiger charge is 2.17. The predicted octanol–water partition coefficient (Wildman–Crippen LogP) is 1.85. The second-order valence-corrected chi connectivity index (χ2v) is 3.89. The Morgan fingerprint density at radius 1 is 1.08 bits per heavy atom. The predicted molar refractivity (Wildman–Crippen MR) is 53.7 cm³/mol. The Kier molecular flexibility index (Phi) is 2.78. The molecule has 13 heavy (non-hydrogen) atoms. The number of nitrogens with zero attached hydrogens (tertiary/aromatic N) is 1. The number of piperidine rings is 1. The van der Waals surface area contributed by atoms with E-state index in [1.807, 2.05) is 0 Å². The Balaban J connectivity index is 2.06. The molecule has 0 aliphatic carbocycles. The summed E-state index contributed by atoms with van der Waals surface area (Å²) < 4.78 is 0. The van der Waals surface area contributed by atoms with Gasteiger partial charge in [-0.1, -0.05) is 5.92 Å². The highest BCUT2D eigenvalue weighted by molar-refractivity contribution is 5.25. The van der Waals surface area contributed by atoms with E-state index in [0.29, 0.717) is 0 Å². The summed E-state index contributed by atoms with van der Waals surface area (Å²) >= 11 is 0. The summed E-state index contributed by atoms with van der Waals surface area (Å²) in [6.07, 6.45) is 6.34. The second-order valence-electron chi connectivity index (χ2n) is 3.89. The molecule has 2 rings (SSSR count). The van der Waals surface area contributed by atoms with E-state index in [0.717, 1.165) is 18.9 Å². The molecule has 2 heterocycles. The van der Waals surface area contributed by atoms with E-state index in [1.54, 1.807) is 0 Å². The minimum atomic E-state index is 0.878. The van der Waals surface area contributed by atoms with Gasteiger partial charge in [-0.15, -0.1) is 0 Å². The third kappa shape index (κ3) is 2.43. The molecular formula is C12H15N. The van der Waals surface area contributed by atoms with Gasteiger partial charge in [-0.05, 0) is 37.5 Å². The van der Waals surface area contributed by atoms with Crippen molar-refractivity contribution in [1.82, 2.24) is 4.90 Å².